The van der Waals surface area contributed by atoms with E-state index in [0.717, 1.165) is 18.5 Å². The Labute approximate surface area is 247 Å². The van der Waals surface area contributed by atoms with Gasteiger partial charge in [0.1, 0.15) is 0 Å². The van der Waals surface area contributed by atoms with Crippen molar-refractivity contribution in [3.8, 4) is 0 Å². The molecule has 0 spiro atoms. The molecule has 1 aliphatic heterocycles. The summed E-state index contributed by atoms with van der Waals surface area (Å²) in [4.78, 5) is 17.2. The molecule has 4 atom stereocenters. The number of unbranched alkanes of at least 4 members (excludes halogenated alkanes) is 2. The van der Waals surface area contributed by atoms with Gasteiger partial charge in [0.05, 0.1) is 0 Å². The molecule has 0 aliphatic carbocycles. The molecular weight excluding hydrogens is 638 g/mol. The van der Waals surface area contributed by atoms with Crippen LogP contribution in [0.3, 0.4) is 0 Å². The van der Waals surface area contributed by atoms with Crippen molar-refractivity contribution in [2.24, 2.45) is 0 Å². The first-order valence-electron chi connectivity index (χ1n) is 9.90. The molecule has 1 fully saturated rings. The SMILES string of the molecule is CO[Si]1O[Si](OC)O[SiH](C)C[SiH](C)O1.C[SiH](O)[SiH](C)O.[CH2-]CCC.[CH2-]CCC.[Y].[Y]. The molecule has 15 heteroatoms. The van der Waals surface area contributed by atoms with Crippen LogP contribution in [-0.2, 0) is 86.6 Å². The van der Waals surface area contributed by atoms with E-state index < -0.39 is 54.3 Å². The third-order valence-electron chi connectivity index (χ3n) is 3.16. The van der Waals surface area contributed by atoms with E-state index in [0.29, 0.717) is 0 Å². The first-order chi connectivity index (χ1) is 13.1. The van der Waals surface area contributed by atoms with Crippen molar-refractivity contribution in [3.63, 3.8) is 0 Å². The zero-order valence-electron chi connectivity index (χ0n) is 20.3. The fourth-order valence-electron chi connectivity index (χ4n) is 1.19. The normalized spacial score (nSPS) is 21.2. The maximum atomic E-state index is 8.58. The summed E-state index contributed by atoms with van der Waals surface area (Å²) in [6.45, 7) is 19.3. The van der Waals surface area contributed by atoms with Gasteiger partial charge in [-0.1, -0.05) is 26.7 Å². The van der Waals surface area contributed by atoms with Crippen LogP contribution in [0, 0.1) is 13.8 Å². The zero-order valence-corrected chi connectivity index (χ0v) is 32.6. The molecule has 0 aromatic heterocycles. The summed E-state index contributed by atoms with van der Waals surface area (Å²) in [6, 6.07) is 0. The summed E-state index contributed by atoms with van der Waals surface area (Å²) in [5, 5.41) is 0. The van der Waals surface area contributed by atoms with E-state index in [1.165, 1.54) is 12.8 Å². The minimum atomic E-state index is -1.60. The van der Waals surface area contributed by atoms with E-state index in [-0.39, 0.29) is 65.4 Å². The molecular formula is C15H44O7Si6Y2-2. The Kier molecular flexibility index (Phi) is 46.5. The third kappa shape index (κ3) is 33.4. The molecule has 0 aromatic rings. The average Bonchev–Trinajstić information content (AvgIpc) is 2.65. The predicted molar refractivity (Wildman–Crippen MR) is 131 cm³/mol. The second-order valence-corrected chi connectivity index (χ2v) is 24.7. The number of rotatable bonds is 5. The maximum absolute atomic E-state index is 8.58. The number of hydrogen-bond acceptors (Lipinski definition) is 7. The standard InChI is InChI=1S/C5H16O5Si4.2C4H9.C2H10O2Si2.2Y/c1-6-13-8-11(3)5-12(4)9-14(7-2)10-13;2*1-3-4-2;1-5(3)6(2)4;;/h11-12H,5H2,1-4H3;2*1,3-4H2,2H3;3-6H,1-2H3;;/q;2*-1;;;. The average molecular weight is 683 g/mol. The van der Waals surface area contributed by atoms with Crippen molar-refractivity contribution < 1.29 is 96.2 Å². The van der Waals surface area contributed by atoms with Crippen molar-refractivity contribution in [2.45, 2.75) is 71.4 Å². The van der Waals surface area contributed by atoms with E-state index in [1.807, 2.05) is 0 Å². The Morgan fingerprint density at radius 3 is 1.30 bits per heavy atom. The summed E-state index contributed by atoms with van der Waals surface area (Å²) in [5.74, 6) is 0. The van der Waals surface area contributed by atoms with Gasteiger partial charge in [0, 0.05) is 79.6 Å². The van der Waals surface area contributed by atoms with Gasteiger partial charge in [0.2, 0.25) is 0 Å². The van der Waals surface area contributed by atoms with Crippen molar-refractivity contribution >= 4 is 54.3 Å². The van der Waals surface area contributed by atoms with Crippen LogP contribution >= 0.6 is 0 Å². The first kappa shape index (κ1) is 43.3. The van der Waals surface area contributed by atoms with E-state index in [4.69, 9.17) is 30.8 Å². The molecule has 1 rings (SSSR count). The largest absolute Gasteiger partial charge is 0.558 e. The van der Waals surface area contributed by atoms with Gasteiger partial charge in [0.15, 0.2) is 35.2 Å². The van der Waals surface area contributed by atoms with E-state index >= 15 is 0 Å². The Morgan fingerprint density at radius 2 is 1.13 bits per heavy atom. The molecule has 1 saturated heterocycles. The first-order valence-corrected chi connectivity index (χ1v) is 23.2. The van der Waals surface area contributed by atoms with Gasteiger partial charge in [-0.05, 0) is 31.9 Å². The van der Waals surface area contributed by atoms with Gasteiger partial charge in [-0.15, -0.1) is 0 Å². The van der Waals surface area contributed by atoms with Gasteiger partial charge < -0.3 is 44.6 Å². The summed E-state index contributed by atoms with van der Waals surface area (Å²) >= 11 is 0. The summed E-state index contributed by atoms with van der Waals surface area (Å²) < 4.78 is 27.3. The monoisotopic (exact) mass is 682 g/mol. The van der Waals surface area contributed by atoms with Crippen LogP contribution in [0.5, 0.6) is 0 Å². The van der Waals surface area contributed by atoms with Crippen LogP contribution < -0.4 is 0 Å². The van der Waals surface area contributed by atoms with Crippen LogP contribution in [0.4, 0.5) is 0 Å². The van der Waals surface area contributed by atoms with Gasteiger partial charge in [-0.3, -0.25) is 0 Å². The van der Waals surface area contributed by atoms with Crippen LogP contribution in [0.15, 0.2) is 0 Å². The molecule has 1 heterocycles. The van der Waals surface area contributed by atoms with Crippen LogP contribution in [0.2, 0.25) is 31.9 Å². The molecule has 0 amide bonds. The van der Waals surface area contributed by atoms with Crippen molar-refractivity contribution in [3.05, 3.63) is 13.8 Å². The van der Waals surface area contributed by atoms with Gasteiger partial charge >= 0.3 is 19.1 Å². The minimum Gasteiger partial charge on any atom is -0.435 e. The third-order valence-corrected chi connectivity index (χ3v) is 20.8. The Morgan fingerprint density at radius 1 is 0.867 bits per heavy atom. The molecule has 2 N–H and O–H groups in total. The van der Waals surface area contributed by atoms with Gasteiger partial charge in [-0.2, -0.15) is 12.8 Å². The quantitative estimate of drug-likeness (QED) is 0.337. The molecule has 30 heavy (non-hydrogen) atoms. The van der Waals surface area contributed by atoms with Crippen LogP contribution in [0.1, 0.15) is 39.5 Å². The Balaban J connectivity index is -0.000000110. The summed E-state index contributed by atoms with van der Waals surface area (Å²) in [6.07, 6.45) is 4.56. The fourth-order valence-corrected chi connectivity index (χ4v) is 13.3. The molecule has 7 nitrogen and oxygen atoms in total. The van der Waals surface area contributed by atoms with E-state index in [2.05, 4.69) is 40.8 Å². The molecule has 1 aliphatic rings. The predicted octanol–water partition coefficient (Wildman–Crippen LogP) is 1.55. The Hall–Kier alpha value is 3.23. The Bertz CT molecular complexity index is 287. The second kappa shape index (κ2) is 32.2. The summed E-state index contributed by atoms with van der Waals surface area (Å²) in [5.41, 5.74) is 1.11. The van der Waals surface area contributed by atoms with Gasteiger partial charge in [0.25, 0.3) is 0 Å². The molecule has 0 bridgehead atoms. The van der Waals surface area contributed by atoms with Crippen LogP contribution in [-0.4, -0.2) is 78.1 Å². The van der Waals surface area contributed by atoms with Gasteiger partial charge in [-0.25, -0.2) is 0 Å². The smallest absolute Gasteiger partial charge is 0.435 e. The maximum Gasteiger partial charge on any atom is 0.558 e. The second-order valence-electron chi connectivity index (χ2n) is 6.29. The molecule has 4 radical (unpaired) electrons. The topological polar surface area (TPSA) is 86.6 Å². The van der Waals surface area contributed by atoms with E-state index in [1.54, 1.807) is 27.3 Å². The van der Waals surface area contributed by atoms with E-state index in [9.17, 15) is 0 Å². The number of hydrogen-bond donors (Lipinski definition) is 2. The van der Waals surface area contributed by atoms with Crippen molar-refractivity contribution in [1.29, 1.82) is 0 Å². The van der Waals surface area contributed by atoms with Crippen molar-refractivity contribution in [1.82, 2.24) is 0 Å². The zero-order chi connectivity index (χ0) is 22.5. The molecule has 0 saturated carbocycles. The molecule has 0 aromatic carbocycles. The molecule has 178 valence electrons. The van der Waals surface area contributed by atoms with Crippen molar-refractivity contribution in [2.75, 3.05) is 14.2 Å². The summed E-state index contributed by atoms with van der Waals surface area (Å²) in [7, 11) is -5.38. The van der Waals surface area contributed by atoms with Crippen LogP contribution in [0.25, 0.3) is 0 Å². The fraction of sp³-hybridized carbons (Fsp3) is 0.867. The minimum absolute atomic E-state index is 0. The molecule has 4 unspecified atom stereocenters.